The standard InChI is InChI=1S/C16H32N2O2/c1-5-6-7-9-13(2)17-15(19)12-18-11-8-10-14(18)16(3,4)20/h13-14,20H,5-12H2,1-4H3,(H,17,19). The second-order valence-corrected chi connectivity index (χ2v) is 6.75. The van der Waals surface area contributed by atoms with E-state index >= 15 is 0 Å². The molecule has 2 unspecified atom stereocenters. The average molecular weight is 284 g/mol. The fraction of sp³-hybridized carbons (Fsp3) is 0.938. The van der Waals surface area contributed by atoms with E-state index in [2.05, 4.69) is 24.1 Å². The Morgan fingerprint density at radius 3 is 2.75 bits per heavy atom. The molecule has 0 spiro atoms. The first-order valence-electron chi connectivity index (χ1n) is 8.10. The lowest BCUT2D eigenvalue weighted by Gasteiger charge is -2.33. The van der Waals surface area contributed by atoms with E-state index in [1.54, 1.807) is 0 Å². The van der Waals surface area contributed by atoms with Gasteiger partial charge in [-0.2, -0.15) is 0 Å². The van der Waals surface area contributed by atoms with Crippen molar-refractivity contribution >= 4 is 5.91 Å². The quantitative estimate of drug-likeness (QED) is 0.673. The maximum atomic E-state index is 12.1. The second kappa shape index (κ2) is 7.99. The van der Waals surface area contributed by atoms with Gasteiger partial charge in [-0.15, -0.1) is 0 Å². The van der Waals surface area contributed by atoms with E-state index in [1.165, 1.54) is 19.3 Å². The normalized spacial score (nSPS) is 21.9. The van der Waals surface area contributed by atoms with Crippen LogP contribution in [0.3, 0.4) is 0 Å². The Morgan fingerprint density at radius 2 is 2.15 bits per heavy atom. The van der Waals surface area contributed by atoms with Gasteiger partial charge in [0.1, 0.15) is 0 Å². The zero-order valence-corrected chi connectivity index (χ0v) is 13.6. The lowest BCUT2D eigenvalue weighted by atomic mass is 9.97. The number of rotatable bonds is 8. The first kappa shape index (κ1) is 17.4. The molecule has 1 fully saturated rings. The smallest absolute Gasteiger partial charge is 0.234 e. The largest absolute Gasteiger partial charge is 0.389 e. The molecule has 0 aromatic carbocycles. The SMILES string of the molecule is CCCCCC(C)NC(=O)CN1CCCC1C(C)(C)O. The van der Waals surface area contributed by atoms with E-state index in [0.29, 0.717) is 6.54 Å². The Balaban J connectivity index is 2.34. The number of hydrogen-bond donors (Lipinski definition) is 2. The number of amides is 1. The third-order valence-electron chi connectivity index (χ3n) is 4.17. The first-order valence-corrected chi connectivity index (χ1v) is 8.10. The molecule has 20 heavy (non-hydrogen) atoms. The summed E-state index contributed by atoms with van der Waals surface area (Å²) in [6.45, 7) is 9.25. The van der Waals surface area contributed by atoms with Gasteiger partial charge < -0.3 is 10.4 Å². The van der Waals surface area contributed by atoms with Gasteiger partial charge in [0.05, 0.1) is 12.1 Å². The minimum absolute atomic E-state index is 0.0881. The number of aliphatic hydroxyl groups is 1. The summed E-state index contributed by atoms with van der Waals surface area (Å²) in [6, 6.07) is 0.348. The van der Waals surface area contributed by atoms with Gasteiger partial charge in [-0.1, -0.05) is 26.2 Å². The summed E-state index contributed by atoms with van der Waals surface area (Å²) in [5, 5.41) is 13.2. The number of carbonyl (C=O) groups excluding carboxylic acids is 1. The van der Waals surface area contributed by atoms with E-state index in [1.807, 2.05) is 13.8 Å². The third kappa shape index (κ3) is 5.80. The number of carbonyl (C=O) groups is 1. The highest BCUT2D eigenvalue weighted by atomic mass is 16.3. The molecular formula is C16H32N2O2. The summed E-state index contributed by atoms with van der Waals surface area (Å²) >= 11 is 0. The van der Waals surface area contributed by atoms with Gasteiger partial charge in [-0.05, 0) is 46.6 Å². The second-order valence-electron chi connectivity index (χ2n) is 6.75. The molecule has 0 aliphatic carbocycles. The van der Waals surface area contributed by atoms with Crippen molar-refractivity contribution < 1.29 is 9.90 Å². The molecule has 1 aliphatic rings. The molecule has 1 rings (SSSR count). The predicted molar refractivity (Wildman–Crippen MR) is 82.6 cm³/mol. The van der Waals surface area contributed by atoms with Crippen molar-refractivity contribution in [2.75, 3.05) is 13.1 Å². The fourth-order valence-electron chi connectivity index (χ4n) is 3.09. The highest BCUT2D eigenvalue weighted by Crippen LogP contribution is 2.26. The van der Waals surface area contributed by atoms with Crippen LogP contribution in [0.2, 0.25) is 0 Å². The molecule has 1 amide bonds. The van der Waals surface area contributed by atoms with Gasteiger partial charge in [0.2, 0.25) is 5.91 Å². The van der Waals surface area contributed by atoms with Crippen LogP contribution in [-0.4, -0.2) is 46.7 Å². The molecule has 4 heteroatoms. The van der Waals surface area contributed by atoms with Crippen LogP contribution in [-0.2, 0) is 4.79 Å². The molecule has 1 saturated heterocycles. The monoisotopic (exact) mass is 284 g/mol. The molecule has 2 N–H and O–H groups in total. The Kier molecular flexibility index (Phi) is 6.96. The number of nitrogens with one attached hydrogen (secondary N) is 1. The van der Waals surface area contributed by atoms with E-state index < -0.39 is 5.60 Å². The van der Waals surface area contributed by atoms with Crippen LogP contribution < -0.4 is 5.32 Å². The summed E-state index contributed by atoms with van der Waals surface area (Å²) in [7, 11) is 0. The zero-order chi connectivity index (χ0) is 15.2. The van der Waals surface area contributed by atoms with Crippen LogP contribution in [0.1, 0.15) is 66.2 Å². The first-order chi connectivity index (χ1) is 9.34. The van der Waals surface area contributed by atoms with Crippen LogP contribution >= 0.6 is 0 Å². The van der Waals surface area contributed by atoms with Crippen molar-refractivity contribution in [3.05, 3.63) is 0 Å². The highest BCUT2D eigenvalue weighted by molar-refractivity contribution is 5.78. The number of hydrogen-bond acceptors (Lipinski definition) is 3. The topological polar surface area (TPSA) is 52.6 Å². The lowest BCUT2D eigenvalue weighted by molar-refractivity contribution is -0.124. The van der Waals surface area contributed by atoms with E-state index in [9.17, 15) is 9.90 Å². The summed E-state index contributed by atoms with van der Waals surface area (Å²) < 4.78 is 0. The average Bonchev–Trinajstić information content (AvgIpc) is 2.76. The van der Waals surface area contributed by atoms with E-state index in [4.69, 9.17) is 0 Å². The van der Waals surface area contributed by atoms with Crippen molar-refractivity contribution in [1.82, 2.24) is 10.2 Å². The van der Waals surface area contributed by atoms with Crippen molar-refractivity contribution in [2.45, 2.75) is 83.9 Å². The third-order valence-corrected chi connectivity index (χ3v) is 4.17. The molecule has 0 aromatic heterocycles. The molecule has 0 saturated carbocycles. The van der Waals surface area contributed by atoms with Crippen LogP contribution in [0.25, 0.3) is 0 Å². The Labute approximate surface area is 123 Å². The summed E-state index contributed by atoms with van der Waals surface area (Å²) in [6.07, 6.45) is 6.70. The van der Waals surface area contributed by atoms with Crippen molar-refractivity contribution in [3.8, 4) is 0 Å². The van der Waals surface area contributed by atoms with Gasteiger partial charge in [0.25, 0.3) is 0 Å². The minimum Gasteiger partial charge on any atom is -0.389 e. The fourth-order valence-corrected chi connectivity index (χ4v) is 3.09. The minimum atomic E-state index is -0.733. The maximum Gasteiger partial charge on any atom is 0.234 e. The van der Waals surface area contributed by atoms with Gasteiger partial charge in [0, 0.05) is 12.1 Å². The molecule has 0 radical (unpaired) electrons. The highest BCUT2D eigenvalue weighted by Gasteiger charge is 2.36. The molecule has 118 valence electrons. The number of unbranched alkanes of at least 4 members (excludes halogenated alkanes) is 2. The van der Waals surface area contributed by atoms with Gasteiger partial charge in [-0.3, -0.25) is 9.69 Å². The number of nitrogens with zero attached hydrogens (tertiary/aromatic N) is 1. The molecule has 0 bridgehead atoms. The predicted octanol–water partition coefficient (Wildman–Crippen LogP) is 2.31. The molecular weight excluding hydrogens is 252 g/mol. The number of likely N-dealkylation sites (tertiary alicyclic amines) is 1. The van der Waals surface area contributed by atoms with Crippen molar-refractivity contribution in [3.63, 3.8) is 0 Å². The van der Waals surface area contributed by atoms with E-state index in [0.717, 1.165) is 25.8 Å². The Hall–Kier alpha value is -0.610. The molecule has 4 nitrogen and oxygen atoms in total. The van der Waals surface area contributed by atoms with Gasteiger partial charge in [-0.25, -0.2) is 0 Å². The molecule has 0 aromatic rings. The molecule has 2 atom stereocenters. The summed E-state index contributed by atoms with van der Waals surface area (Å²) in [5.74, 6) is 0.0881. The molecule has 1 heterocycles. The van der Waals surface area contributed by atoms with Crippen LogP contribution in [0, 0.1) is 0 Å². The zero-order valence-electron chi connectivity index (χ0n) is 13.6. The summed E-state index contributed by atoms with van der Waals surface area (Å²) in [4.78, 5) is 14.2. The Bertz CT molecular complexity index is 299. The Morgan fingerprint density at radius 1 is 1.45 bits per heavy atom. The van der Waals surface area contributed by atoms with Crippen LogP contribution in [0.15, 0.2) is 0 Å². The van der Waals surface area contributed by atoms with Crippen LogP contribution in [0.5, 0.6) is 0 Å². The van der Waals surface area contributed by atoms with Gasteiger partial charge in [0.15, 0.2) is 0 Å². The maximum absolute atomic E-state index is 12.1. The molecule has 1 aliphatic heterocycles. The van der Waals surface area contributed by atoms with E-state index in [-0.39, 0.29) is 18.0 Å². The van der Waals surface area contributed by atoms with Crippen molar-refractivity contribution in [2.24, 2.45) is 0 Å². The van der Waals surface area contributed by atoms with Crippen LogP contribution in [0.4, 0.5) is 0 Å². The summed E-state index contributed by atoms with van der Waals surface area (Å²) in [5.41, 5.74) is -0.733. The lowest BCUT2D eigenvalue weighted by Crippen LogP contribution is -2.49. The van der Waals surface area contributed by atoms with Gasteiger partial charge >= 0.3 is 0 Å². The van der Waals surface area contributed by atoms with Crippen molar-refractivity contribution in [1.29, 1.82) is 0 Å².